The Morgan fingerprint density at radius 2 is 1.63 bits per heavy atom. The number of amides is 1. The molecule has 43 heavy (non-hydrogen) atoms. The fourth-order valence-electron chi connectivity index (χ4n) is 6.21. The Balaban J connectivity index is 1.75. The van der Waals surface area contributed by atoms with Gasteiger partial charge in [-0.3, -0.25) is 9.69 Å². The van der Waals surface area contributed by atoms with Gasteiger partial charge in [-0.25, -0.2) is 0 Å². The number of ether oxygens (including phenoxy) is 1. The molecule has 0 aromatic heterocycles. The third-order valence-corrected chi connectivity index (χ3v) is 10.2. The molecule has 2 fully saturated rings. The summed E-state index contributed by atoms with van der Waals surface area (Å²) in [4.78, 5) is 26.3. The van der Waals surface area contributed by atoms with Crippen molar-refractivity contribution in [1.82, 2.24) is 10.2 Å². The summed E-state index contributed by atoms with van der Waals surface area (Å²) < 4.78 is 6.20. The maximum absolute atomic E-state index is 13.2. The molecule has 2 aliphatic rings. The van der Waals surface area contributed by atoms with Crippen LogP contribution in [0.1, 0.15) is 117 Å². The lowest BCUT2D eigenvalue weighted by Crippen LogP contribution is -2.65. The van der Waals surface area contributed by atoms with Crippen LogP contribution in [0.15, 0.2) is 12.3 Å². The van der Waals surface area contributed by atoms with E-state index in [0.29, 0.717) is 18.1 Å². The largest absolute Gasteiger partial charge is 0.388 e. The van der Waals surface area contributed by atoms with Gasteiger partial charge in [0.1, 0.15) is 29.5 Å². The normalized spacial score (nSPS) is 29.3. The minimum Gasteiger partial charge on any atom is -0.388 e. The summed E-state index contributed by atoms with van der Waals surface area (Å²) in [5, 5.41) is 24.6. The van der Waals surface area contributed by atoms with Gasteiger partial charge in [0, 0.05) is 13.0 Å². The van der Waals surface area contributed by atoms with Crippen LogP contribution < -0.4 is 5.32 Å². The van der Waals surface area contributed by atoms with E-state index >= 15 is 0 Å². The van der Waals surface area contributed by atoms with Crippen LogP contribution in [-0.2, 0) is 19.3 Å². The SMILES string of the molecule is C=C(CCCCCCCCCCCCCC)OO[C@@H]1[C@@H](O)[C@@H](O)[C@@H]([C@H](NC(=O)[C@@H]2C[C@@H](CC)CN2C)[C@H](C)Cl)O[C@@H]1SC. The van der Waals surface area contributed by atoms with Crippen LogP contribution >= 0.6 is 23.4 Å². The minimum absolute atomic E-state index is 0.141. The van der Waals surface area contributed by atoms with Crippen molar-refractivity contribution in [3.05, 3.63) is 12.3 Å². The number of halogens is 1. The monoisotopic (exact) mass is 648 g/mol. The van der Waals surface area contributed by atoms with Gasteiger partial charge in [0.05, 0.1) is 17.5 Å². The quantitative estimate of drug-likeness (QED) is 0.0399. The second-order valence-electron chi connectivity index (χ2n) is 12.7. The Hall–Kier alpha value is -0.550. The fraction of sp³-hybridized carbons (Fsp3) is 0.909. The van der Waals surface area contributed by atoms with Gasteiger partial charge in [-0.05, 0) is 39.0 Å². The lowest BCUT2D eigenvalue weighted by atomic mass is 9.92. The van der Waals surface area contributed by atoms with Gasteiger partial charge in [0.15, 0.2) is 6.10 Å². The van der Waals surface area contributed by atoms with Crippen molar-refractivity contribution < 1.29 is 29.5 Å². The Kier molecular flexibility index (Phi) is 19.1. The predicted octanol–water partition coefficient (Wildman–Crippen LogP) is 6.56. The average Bonchev–Trinajstić information content (AvgIpc) is 3.37. The molecule has 0 unspecified atom stereocenters. The Labute approximate surface area is 270 Å². The second kappa shape index (κ2) is 21.3. The summed E-state index contributed by atoms with van der Waals surface area (Å²) in [5.74, 6) is 0.818. The standard InChI is InChI=1S/C33H61ClN2O6S/c1-7-9-10-11-12-13-14-15-16-17-18-19-20-23(3)41-42-31-29(38)28(37)30(40-33(31)43-6)27(24(4)34)35-32(39)26-21-25(8-2)22-36(26)5/h24-31,33,37-38H,3,7-22H2,1-2,4-6H3,(H,35,39)/t24-,25+,26-,27+,28+,29-,30+,31+,33+/m0/s1. The number of likely N-dealkylation sites (N-methyl/N-ethyl adjacent to an activating group) is 1. The molecule has 2 aliphatic heterocycles. The number of nitrogens with one attached hydrogen (secondary N) is 1. The molecule has 8 nitrogen and oxygen atoms in total. The topological polar surface area (TPSA) is 100 Å². The average molecular weight is 649 g/mol. The predicted molar refractivity (Wildman–Crippen MR) is 177 cm³/mol. The number of alkyl halides is 1. The van der Waals surface area contributed by atoms with E-state index in [1.54, 1.807) is 6.92 Å². The van der Waals surface area contributed by atoms with E-state index in [4.69, 9.17) is 26.1 Å². The number of unbranched alkanes of at least 4 members (excludes halogenated alkanes) is 11. The number of aliphatic hydroxyl groups excluding tert-OH is 2. The first-order valence-electron chi connectivity index (χ1n) is 16.8. The van der Waals surface area contributed by atoms with Crippen molar-refractivity contribution >= 4 is 29.3 Å². The van der Waals surface area contributed by atoms with Crippen molar-refractivity contribution in [2.45, 2.75) is 164 Å². The maximum Gasteiger partial charge on any atom is 0.237 e. The molecule has 0 aliphatic carbocycles. The lowest BCUT2D eigenvalue weighted by Gasteiger charge is -2.44. The van der Waals surface area contributed by atoms with Gasteiger partial charge >= 0.3 is 0 Å². The summed E-state index contributed by atoms with van der Waals surface area (Å²) in [6.07, 6.45) is 15.1. The van der Waals surface area contributed by atoms with E-state index in [9.17, 15) is 15.0 Å². The summed E-state index contributed by atoms with van der Waals surface area (Å²) in [6, 6.07) is -0.962. The zero-order chi connectivity index (χ0) is 31.8. The number of carbonyl (C=O) groups is 1. The molecule has 0 spiro atoms. The molecular formula is C33H61ClN2O6S. The summed E-state index contributed by atoms with van der Waals surface area (Å²) in [7, 11) is 1.95. The fourth-order valence-corrected chi connectivity index (χ4v) is 7.13. The van der Waals surface area contributed by atoms with E-state index in [1.165, 1.54) is 76.0 Å². The first kappa shape index (κ1) is 38.6. The van der Waals surface area contributed by atoms with Gasteiger partial charge in [-0.2, -0.15) is 4.89 Å². The van der Waals surface area contributed by atoms with E-state index in [2.05, 4.69) is 30.6 Å². The van der Waals surface area contributed by atoms with Crippen molar-refractivity contribution in [1.29, 1.82) is 0 Å². The van der Waals surface area contributed by atoms with Gasteiger partial charge in [-0.1, -0.05) is 97.5 Å². The minimum atomic E-state index is -1.34. The van der Waals surface area contributed by atoms with Crippen LogP contribution in [-0.4, -0.2) is 88.2 Å². The molecule has 10 heteroatoms. The molecule has 3 N–H and O–H groups in total. The lowest BCUT2D eigenvalue weighted by molar-refractivity contribution is -0.349. The first-order chi connectivity index (χ1) is 20.6. The van der Waals surface area contributed by atoms with E-state index in [1.807, 2.05) is 13.3 Å². The van der Waals surface area contributed by atoms with Crippen LogP contribution in [0.25, 0.3) is 0 Å². The van der Waals surface area contributed by atoms with Crippen molar-refractivity contribution in [2.75, 3.05) is 19.8 Å². The highest BCUT2D eigenvalue weighted by Crippen LogP contribution is 2.33. The zero-order valence-corrected chi connectivity index (χ0v) is 29.1. The molecule has 2 rings (SSSR count). The third-order valence-electron chi connectivity index (χ3n) is 9.07. The molecule has 0 bridgehead atoms. The third kappa shape index (κ3) is 13.0. The number of rotatable bonds is 22. The number of hydrogen-bond donors (Lipinski definition) is 3. The molecule has 9 atom stereocenters. The van der Waals surface area contributed by atoms with Crippen LogP contribution in [0.4, 0.5) is 0 Å². The highest BCUT2D eigenvalue weighted by Gasteiger charge is 2.50. The molecule has 0 aromatic rings. The number of nitrogens with zero attached hydrogens (tertiary/aromatic N) is 1. The Morgan fingerprint density at radius 1 is 1.05 bits per heavy atom. The number of aliphatic hydroxyl groups is 2. The van der Waals surface area contributed by atoms with Crippen LogP contribution in [0, 0.1) is 5.92 Å². The molecule has 2 saturated heterocycles. The molecule has 0 saturated carbocycles. The molecular weight excluding hydrogens is 588 g/mol. The number of thioether (sulfide) groups is 1. The number of hydrogen-bond acceptors (Lipinski definition) is 8. The number of carbonyl (C=O) groups excluding carboxylic acids is 1. The van der Waals surface area contributed by atoms with Gasteiger partial charge in [0.25, 0.3) is 0 Å². The van der Waals surface area contributed by atoms with Gasteiger partial charge < -0.3 is 25.2 Å². The van der Waals surface area contributed by atoms with E-state index < -0.39 is 41.3 Å². The van der Waals surface area contributed by atoms with Crippen LogP contribution in [0.3, 0.4) is 0 Å². The van der Waals surface area contributed by atoms with Crippen LogP contribution in [0.5, 0.6) is 0 Å². The molecule has 0 aromatic carbocycles. The summed E-state index contributed by atoms with van der Waals surface area (Å²) in [6.45, 7) is 11.0. The van der Waals surface area contributed by atoms with Crippen LogP contribution in [0.2, 0.25) is 0 Å². The van der Waals surface area contributed by atoms with Gasteiger partial charge in [0.2, 0.25) is 5.91 Å². The maximum atomic E-state index is 13.2. The summed E-state index contributed by atoms with van der Waals surface area (Å²) in [5.41, 5.74) is -0.642. The van der Waals surface area contributed by atoms with Crippen molar-refractivity contribution in [3.8, 4) is 0 Å². The number of likely N-dealkylation sites (tertiary alicyclic amines) is 1. The Morgan fingerprint density at radius 3 is 2.14 bits per heavy atom. The molecule has 2 heterocycles. The highest BCUT2D eigenvalue weighted by atomic mass is 35.5. The second-order valence-corrected chi connectivity index (χ2v) is 14.3. The molecule has 0 radical (unpaired) electrons. The van der Waals surface area contributed by atoms with E-state index in [-0.39, 0.29) is 11.9 Å². The Bertz CT molecular complexity index is 790. The highest BCUT2D eigenvalue weighted by molar-refractivity contribution is 7.99. The molecule has 1 amide bonds. The van der Waals surface area contributed by atoms with Crippen molar-refractivity contribution in [3.63, 3.8) is 0 Å². The zero-order valence-electron chi connectivity index (χ0n) is 27.5. The molecule has 252 valence electrons. The summed E-state index contributed by atoms with van der Waals surface area (Å²) >= 11 is 7.85. The number of allylic oxidation sites excluding steroid dienone is 1. The first-order valence-corrected chi connectivity index (χ1v) is 18.6. The van der Waals surface area contributed by atoms with Gasteiger partial charge in [-0.15, -0.1) is 23.4 Å². The smallest absolute Gasteiger partial charge is 0.237 e. The van der Waals surface area contributed by atoms with E-state index in [0.717, 1.165) is 32.2 Å². The van der Waals surface area contributed by atoms with Crippen molar-refractivity contribution in [2.24, 2.45) is 5.92 Å².